The molecule has 0 amide bonds. The Morgan fingerprint density at radius 1 is 0.333 bits per heavy atom. The first-order chi connectivity index (χ1) is 44.1. The van der Waals surface area contributed by atoms with E-state index < -0.39 is 0 Å². The second-order valence-electron chi connectivity index (χ2n) is 25.3. The maximum absolute atomic E-state index is 6.47. The van der Waals surface area contributed by atoms with Gasteiger partial charge >= 0.3 is 0 Å². The number of rotatable bonds is 4. The van der Waals surface area contributed by atoms with Crippen LogP contribution in [-0.2, 0) is 10.8 Å². The zero-order chi connectivity index (χ0) is 59.7. The number of benzene rings is 12. The van der Waals surface area contributed by atoms with Gasteiger partial charge in [-0.3, -0.25) is 9.13 Å². The molecule has 0 saturated heterocycles. The maximum Gasteiger partial charge on any atom is 0.233 e. The smallest absolute Gasteiger partial charge is 0.233 e. The van der Waals surface area contributed by atoms with E-state index in [1.54, 1.807) is 11.3 Å². The molecule has 0 aliphatic heterocycles. The quantitative estimate of drug-likeness (QED) is 0.176. The fraction of sp³-hybridized carbons (Fsp3) is 0.0732. The summed E-state index contributed by atoms with van der Waals surface area (Å²) in [6, 6.07) is 91.5. The monoisotopic (exact) mass is 1170 g/mol. The maximum atomic E-state index is 6.47. The second kappa shape index (κ2) is 18.7. The van der Waals surface area contributed by atoms with Crippen LogP contribution in [0.25, 0.3) is 164 Å². The van der Waals surface area contributed by atoms with Gasteiger partial charge in [-0.2, -0.15) is 4.98 Å². The van der Waals surface area contributed by atoms with Crippen molar-refractivity contribution < 1.29 is 4.42 Å². The summed E-state index contributed by atoms with van der Waals surface area (Å²) in [6.07, 6.45) is 0. The van der Waals surface area contributed by atoms with Crippen LogP contribution in [0.1, 0.15) is 49.9 Å². The highest BCUT2D eigenvalue weighted by Crippen LogP contribution is 2.52. The number of hydrogen-bond acceptors (Lipinski definition) is 6. The molecule has 6 heterocycles. The predicted octanol–water partition coefficient (Wildman–Crippen LogP) is 21.7. The molecule has 0 saturated carbocycles. The summed E-state index contributed by atoms with van der Waals surface area (Å²) >= 11 is 1.75. The molecule has 0 fully saturated rings. The highest BCUT2D eigenvalue weighted by atomic mass is 32.1. The van der Waals surface area contributed by atoms with Crippen molar-refractivity contribution in [3.05, 3.63) is 277 Å². The van der Waals surface area contributed by atoms with Crippen LogP contribution in [0.2, 0.25) is 0 Å². The van der Waals surface area contributed by atoms with E-state index in [0.29, 0.717) is 11.5 Å². The summed E-state index contributed by atoms with van der Waals surface area (Å²) in [4.78, 5) is 22.3. The van der Waals surface area contributed by atoms with Gasteiger partial charge in [0.25, 0.3) is 0 Å². The Hall–Kier alpha value is -11.1. The largest absolute Gasteiger partial charge is 0.437 e. The molecule has 2 aliphatic rings. The Kier molecular flexibility index (Phi) is 10.6. The number of hydrogen-bond donors (Lipinski definition) is 0. The Labute approximate surface area is 521 Å². The average molecular weight is 1170 g/mol. The number of thiophene rings is 1. The van der Waals surface area contributed by atoms with E-state index in [4.69, 9.17) is 24.4 Å². The van der Waals surface area contributed by atoms with Crippen molar-refractivity contribution in [3.8, 4) is 56.7 Å². The van der Waals surface area contributed by atoms with E-state index in [1.807, 2.05) is 12.1 Å². The summed E-state index contributed by atoms with van der Waals surface area (Å²) < 4.78 is 12.4. The van der Waals surface area contributed by atoms with Crippen molar-refractivity contribution >= 4 is 119 Å². The molecule has 7 nitrogen and oxygen atoms in total. The Balaban J connectivity index is 0.000000130. The predicted molar refractivity (Wildman–Crippen MR) is 374 cm³/mol. The molecular weight excluding hydrogens is 1120 g/mol. The van der Waals surface area contributed by atoms with Gasteiger partial charge in [0.1, 0.15) is 10.4 Å². The molecule has 0 atom stereocenters. The van der Waals surface area contributed by atoms with Crippen molar-refractivity contribution in [1.29, 1.82) is 0 Å². The average Bonchev–Trinajstić information content (AvgIpc) is 1.58. The fourth-order valence-corrected chi connectivity index (χ4v) is 16.3. The van der Waals surface area contributed by atoms with Crippen LogP contribution in [0.3, 0.4) is 0 Å². The number of aromatic nitrogens is 6. The topological polar surface area (TPSA) is 74.6 Å². The number of fused-ring (bicyclic) bond motifs is 20. The molecule has 0 bridgehead atoms. The molecule has 20 rings (SSSR count). The lowest BCUT2D eigenvalue weighted by atomic mass is 9.82. The van der Waals surface area contributed by atoms with Gasteiger partial charge in [0.2, 0.25) is 5.71 Å². The molecule has 424 valence electrons. The summed E-state index contributed by atoms with van der Waals surface area (Å²) in [5.41, 5.74) is 18.2. The lowest BCUT2D eigenvalue weighted by molar-refractivity contribution is 0.653. The molecule has 12 aromatic carbocycles. The Morgan fingerprint density at radius 2 is 0.767 bits per heavy atom. The molecule has 8 heteroatoms. The zero-order valence-electron chi connectivity index (χ0n) is 49.7. The number of nitrogens with zero attached hydrogens (tertiary/aromatic N) is 6. The molecule has 18 aromatic rings. The SMILES string of the molecule is CC1(C)c2ccccc2-c2ccc(-c3nc(-n4c5ccccc5c5cc6ccccc6cc54)c4c(n3)oc3ccccc34)cc21.CC1(C)c2ccccc2-c2ccc(-c3nc(-n4c5ccccc5c5cc6ccccc6cc54)c4c(n3)sc3ccccc34)cc21. The van der Waals surface area contributed by atoms with Gasteiger partial charge in [-0.1, -0.05) is 222 Å². The van der Waals surface area contributed by atoms with Crippen LogP contribution < -0.4 is 0 Å². The Morgan fingerprint density at radius 3 is 1.33 bits per heavy atom. The molecule has 90 heavy (non-hydrogen) atoms. The second-order valence-corrected chi connectivity index (χ2v) is 26.3. The van der Waals surface area contributed by atoms with E-state index in [1.165, 1.54) is 97.7 Å². The lowest BCUT2D eigenvalue weighted by Crippen LogP contribution is -2.15. The first-order valence-electron chi connectivity index (χ1n) is 30.9. The molecular formula is C82H54N6OS. The third kappa shape index (κ3) is 7.28. The summed E-state index contributed by atoms with van der Waals surface area (Å²) in [5, 5.41) is 13.9. The van der Waals surface area contributed by atoms with Crippen LogP contribution in [0.5, 0.6) is 0 Å². The van der Waals surface area contributed by atoms with Gasteiger partial charge in [0.15, 0.2) is 23.3 Å². The van der Waals surface area contributed by atoms with Crippen LogP contribution in [0.4, 0.5) is 0 Å². The van der Waals surface area contributed by atoms with E-state index in [-0.39, 0.29) is 10.8 Å². The van der Waals surface area contributed by atoms with Gasteiger partial charge in [-0.05, 0) is 127 Å². The van der Waals surface area contributed by atoms with Gasteiger partial charge in [0.05, 0.1) is 32.8 Å². The minimum atomic E-state index is -0.123. The molecule has 0 spiro atoms. The molecule has 6 aromatic heterocycles. The third-order valence-corrected chi connectivity index (χ3v) is 20.7. The number of para-hydroxylation sites is 3. The van der Waals surface area contributed by atoms with E-state index >= 15 is 0 Å². The fourth-order valence-electron chi connectivity index (χ4n) is 15.2. The van der Waals surface area contributed by atoms with Crippen molar-refractivity contribution in [2.24, 2.45) is 0 Å². The number of furan rings is 1. The van der Waals surface area contributed by atoms with Crippen LogP contribution in [0, 0.1) is 0 Å². The highest BCUT2D eigenvalue weighted by molar-refractivity contribution is 7.25. The summed E-state index contributed by atoms with van der Waals surface area (Å²) in [5.74, 6) is 3.16. The van der Waals surface area contributed by atoms with Crippen molar-refractivity contribution in [2.75, 3.05) is 0 Å². The van der Waals surface area contributed by atoms with Crippen LogP contribution in [-0.4, -0.2) is 29.1 Å². The first-order valence-corrected chi connectivity index (χ1v) is 31.7. The summed E-state index contributed by atoms with van der Waals surface area (Å²) in [6.45, 7) is 9.26. The van der Waals surface area contributed by atoms with Gasteiger partial charge in [-0.25, -0.2) is 15.0 Å². The van der Waals surface area contributed by atoms with Gasteiger partial charge in [0, 0.05) is 59.0 Å². The minimum Gasteiger partial charge on any atom is -0.437 e. The molecule has 0 unspecified atom stereocenters. The molecule has 0 N–H and O–H groups in total. The normalized spacial score (nSPS) is 13.7. The highest BCUT2D eigenvalue weighted by Gasteiger charge is 2.37. The van der Waals surface area contributed by atoms with Crippen LogP contribution in [0.15, 0.2) is 259 Å². The van der Waals surface area contributed by atoms with E-state index in [0.717, 1.165) is 77.2 Å². The van der Waals surface area contributed by atoms with Crippen molar-refractivity contribution in [2.45, 2.75) is 38.5 Å². The summed E-state index contributed by atoms with van der Waals surface area (Å²) in [7, 11) is 0. The van der Waals surface area contributed by atoms with E-state index in [9.17, 15) is 0 Å². The van der Waals surface area contributed by atoms with Crippen molar-refractivity contribution in [1.82, 2.24) is 29.1 Å². The lowest BCUT2D eigenvalue weighted by Gasteiger charge is -2.21. The van der Waals surface area contributed by atoms with Crippen molar-refractivity contribution in [3.63, 3.8) is 0 Å². The van der Waals surface area contributed by atoms with E-state index in [2.05, 4.69) is 279 Å². The minimum absolute atomic E-state index is 0.0969. The van der Waals surface area contributed by atoms with Gasteiger partial charge < -0.3 is 4.42 Å². The van der Waals surface area contributed by atoms with Crippen LogP contribution >= 0.6 is 11.3 Å². The Bertz CT molecular complexity index is 5760. The molecule has 2 aliphatic carbocycles. The zero-order valence-corrected chi connectivity index (χ0v) is 50.6. The first kappa shape index (κ1) is 51.0. The third-order valence-electron chi connectivity index (χ3n) is 19.6. The molecule has 0 radical (unpaired) electrons. The van der Waals surface area contributed by atoms with Gasteiger partial charge in [-0.15, -0.1) is 11.3 Å². The standard InChI is InChI=1S/C41H27N3O.C41H27N3S/c2*1-41(2)32-16-8-5-13-27(32)28-20-19-26(22-33(28)41)38-42-39(37-30-15-7-10-18-36(30)45-40(37)43-38)44-34-17-9-6-14-29(34)31-21-24-11-3-4-12-25(24)23-35(31)44/h2*3-23H,1-2H3.